The molecule has 2 aromatic rings. The monoisotopic (exact) mass is 311 g/mol. The molecule has 3 nitrogen and oxygen atoms in total. The Morgan fingerprint density at radius 2 is 2.05 bits per heavy atom. The highest BCUT2D eigenvalue weighted by Gasteiger charge is 2.20. The van der Waals surface area contributed by atoms with Gasteiger partial charge in [0.1, 0.15) is 11.6 Å². The number of rotatable bonds is 6. The molecule has 1 heterocycles. The SMILES string of the molecule is CC(C)CC(CN(C)C)n1c(CCl)nc2cc(F)ccc21. The van der Waals surface area contributed by atoms with Gasteiger partial charge in [-0.25, -0.2) is 9.37 Å². The average molecular weight is 312 g/mol. The summed E-state index contributed by atoms with van der Waals surface area (Å²) in [5.41, 5.74) is 1.64. The fourth-order valence-electron chi connectivity index (χ4n) is 2.85. The Morgan fingerprint density at radius 3 is 2.62 bits per heavy atom. The van der Waals surface area contributed by atoms with Gasteiger partial charge in [-0.3, -0.25) is 0 Å². The lowest BCUT2D eigenvalue weighted by Crippen LogP contribution is -2.26. The highest BCUT2D eigenvalue weighted by molar-refractivity contribution is 6.16. The molecular weight excluding hydrogens is 289 g/mol. The van der Waals surface area contributed by atoms with Crippen LogP contribution in [0, 0.1) is 11.7 Å². The minimum Gasteiger partial charge on any atom is -0.323 e. The molecule has 0 bridgehead atoms. The van der Waals surface area contributed by atoms with Crippen molar-refractivity contribution in [2.75, 3.05) is 20.6 Å². The number of likely N-dealkylation sites (N-methyl/N-ethyl adjacent to an activating group) is 1. The highest BCUT2D eigenvalue weighted by atomic mass is 35.5. The van der Waals surface area contributed by atoms with E-state index in [1.807, 2.05) is 0 Å². The predicted molar refractivity (Wildman–Crippen MR) is 86.3 cm³/mol. The molecule has 2 rings (SSSR count). The third kappa shape index (κ3) is 3.74. The molecular formula is C16H23ClFN3. The molecule has 1 atom stereocenters. The van der Waals surface area contributed by atoms with Crippen molar-refractivity contribution in [2.24, 2.45) is 5.92 Å². The summed E-state index contributed by atoms with van der Waals surface area (Å²) in [6.07, 6.45) is 1.03. The Kier molecular flexibility index (Phi) is 5.22. The minimum absolute atomic E-state index is 0.263. The van der Waals surface area contributed by atoms with Gasteiger partial charge in [0.2, 0.25) is 0 Å². The fraction of sp³-hybridized carbons (Fsp3) is 0.562. The van der Waals surface area contributed by atoms with Crippen LogP contribution in [-0.4, -0.2) is 35.1 Å². The number of nitrogens with zero attached hydrogens (tertiary/aromatic N) is 3. The van der Waals surface area contributed by atoms with Crippen LogP contribution in [0.15, 0.2) is 18.2 Å². The van der Waals surface area contributed by atoms with Crippen LogP contribution in [0.2, 0.25) is 0 Å². The van der Waals surface area contributed by atoms with Gasteiger partial charge < -0.3 is 9.47 Å². The van der Waals surface area contributed by atoms with Gasteiger partial charge in [0.25, 0.3) is 0 Å². The van der Waals surface area contributed by atoms with E-state index in [2.05, 4.69) is 42.4 Å². The van der Waals surface area contributed by atoms with Gasteiger partial charge in [0, 0.05) is 18.7 Å². The molecule has 5 heteroatoms. The van der Waals surface area contributed by atoms with E-state index in [4.69, 9.17) is 11.6 Å². The van der Waals surface area contributed by atoms with Crippen molar-refractivity contribution in [1.82, 2.24) is 14.5 Å². The first-order chi connectivity index (χ1) is 9.92. The normalized spacial score (nSPS) is 13.5. The van der Waals surface area contributed by atoms with E-state index in [0.717, 1.165) is 24.3 Å². The Balaban J connectivity index is 2.53. The van der Waals surface area contributed by atoms with Gasteiger partial charge >= 0.3 is 0 Å². The lowest BCUT2D eigenvalue weighted by Gasteiger charge is -2.26. The van der Waals surface area contributed by atoms with Gasteiger partial charge in [0.15, 0.2) is 0 Å². The molecule has 0 aliphatic carbocycles. The first-order valence-electron chi connectivity index (χ1n) is 7.29. The Hall–Kier alpha value is -1.13. The molecule has 0 amide bonds. The molecule has 0 spiro atoms. The number of hydrogen-bond acceptors (Lipinski definition) is 2. The maximum atomic E-state index is 13.4. The van der Waals surface area contributed by atoms with E-state index in [1.54, 1.807) is 6.07 Å². The van der Waals surface area contributed by atoms with Crippen molar-refractivity contribution in [1.29, 1.82) is 0 Å². The number of benzene rings is 1. The third-order valence-corrected chi connectivity index (χ3v) is 3.77. The zero-order valence-corrected chi connectivity index (χ0v) is 13.9. The summed E-state index contributed by atoms with van der Waals surface area (Å²) in [7, 11) is 4.12. The molecule has 0 radical (unpaired) electrons. The fourth-order valence-corrected chi connectivity index (χ4v) is 3.04. The van der Waals surface area contributed by atoms with Gasteiger partial charge in [0.05, 0.1) is 16.9 Å². The van der Waals surface area contributed by atoms with E-state index in [-0.39, 0.29) is 11.9 Å². The summed E-state index contributed by atoms with van der Waals surface area (Å²) < 4.78 is 15.6. The number of alkyl halides is 1. The second kappa shape index (κ2) is 6.75. The van der Waals surface area contributed by atoms with Gasteiger partial charge in [-0.05, 0) is 38.6 Å². The molecule has 0 aliphatic rings. The van der Waals surface area contributed by atoms with Crippen LogP contribution >= 0.6 is 11.6 Å². The van der Waals surface area contributed by atoms with Crippen molar-refractivity contribution in [2.45, 2.75) is 32.2 Å². The van der Waals surface area contributed by atoms with Crippen molar-refractivity contribution in [3.05, 3.63) is 29.8 Å². The number of halogens is 2. The summed E-state index contributed by atoms with van der Waals surface area (Å²) in [6, 6.07) is 5.05. The van der Waals surface area contributed by atoms with Gasteiger partial charge in [-0.2, -0.15) is 0 Å². The van der Waals surface area contributed by atoms with E-state index in [1.165, 1.54) is 12.1 Å². The van der Waals surface area contributed by atoms with Crippen molar-refractivity contribution < 1.29 is 4.39 Å². The lowest BCUT2D eigenvalue weighted by molar-refractivity contribution is 0.289. The van der Waals surface area contributed by atoms with E-state index in [9.17, 15) is 4.39 Å². The smallest absolute Gasteiger partial charge is 0.125 e. The summed E-state index contributed by atoms with van der Waals surface area (Å²) in [6.45, 7) is 5.33. The Morgan fingerprint density at radius 1 is 1.33 bits per heavy atom. The first kappa shape index (κ1) is 16.2. The standard InChI is InChI=1S/C16H23ClFN3/c1-11(2)7-13(10-20(3)4)21-15-6-5-12(18)8-14(15)19-16(21)9-17/h5-6,8,11,13H,7,9-10H2,1-4H3. The van der Waals surface area contributed by atoms with Gasteiger partial charge in [-0.15, -0.1) is 11.6 Å². The molecule has 1 unspecified atom stereocenters. The molecule has 1 aromatic carbocycles. The van der Waals surface area contributed by atoms with Crippen LogP contribution in [0.4, 0.5) is 4.39 Å². The molecule has 21 heavy (non-hydrogen) atoms. The summed E-state index contributed by atoms with van der Waals surface area (Å²) in [5.74, 6) is 1.44. The molecule has 1 aromatic heterocycles. The zero-order valence-electron chi connectivity index (χ0n) is 13.1. The molecule has 116 valence electrons. The molecule has 0 aliphatic heterocycles. The second-order valence-corrected chi connectivity index (χ2v) is 6.48. The third-order valence-electron chi connectivity index (χ3n) is 3.53. The topological polar surface area (TPSA) is 21.1 Å². The van der Waals surface area contributed by atoms with Crippen molar-refractivity contribution >= 4 is 22.6 Å². The maximum Gasteiger partial charge on any atom is 0.125 e. The zero-order chi connectivity index (χ0) is 15.6. The summed E-state index contributed by atoms with van der Waals surface area (Å²) in [5, 5.41) is 0. The van der Waals surface area contributed by atoms with Crippen LogP contribution in [0.25, 0.3) is 11.0 Å². The average Bonchev–Trinajstić information content (AvgIpc) is 2.74. The highest BCUT2D eigenvalue weighted by Crippen LogP contribution is 2.27. The van der Waals surface area contributed by atoms with Crippen LogP contribution in [0.1, 0.15) is 32.1 Å². The molecule has 0 N–H and O–H groups in total. The quantitative estimate of drug-likeness (QED) is 0.750. The van der Waals surface area contributed by atoms with E-state index in [0.29, 0.717) is 17.3 Å². The van der Waals surface area contributed by atoms with E-state index >= 15 is 0 Å². The van der Waals surface area contributed by atoms with Crippen LogP contribution in [0.3, 0.4) is 0 Å². The number of hydrogen-bond donors (Lipinski definition) is 0. The maximum absolute atomic E-state index is 13.4. The van der Waals surface area contributed by atoms with Crippen molar-refractivity contribution in [3.63, 3.8) is 0 Å². The predicted octanol–water partition coefficient (Wildman–Crippen LogP) is 4.06. The Bertz CT molecular complexity index is 597. The number of aromatic nitrogens is 2. The molecule has 0 saturated carbocycles. The van der Waals surface area contributed by atoms with Crippen LogP contribution in [-0.2, 0) is 5.88 Å². The lowest BCUT2D eigenvalue weighted by atomic mass is 10.0. The summed E-state index contributed by atoms with van der Waals surface area (Å²) >= 11 is 6.07. The van der Waals surface area contributed by atoms with Crippen molar-refractivity contribution in [3.8, 4) is 0 Å². The number of imidazole rings is 1. The van der Waals surface area contributed by atoms with Gasteiger partial charge in [-0.1, -0.05) is 13.8 Å². The van der Waals surface area contributed by atoms with E-state index < -0.39 is 0 Å². The molecule has 0 saturated heterocycles. The largest absolute Gasteiger partial charge is 0.323 e. The van der Waals surface area contributed by atoms with Crippen LogP contribution < -0.4 is 0 Å². The second-order valence-electron chi connectivity index (χ2n) is 6.21. The Labute approximate surface area is 130 Å². The summed E-state index contributed by atoms with van der Waals surface area (Å²) in [4.78, 5) is 6.67. The minimum atomic E-state index is -0.263. The number of fused-ring (bicyclic) bond motifs is 1. The first-order valence-corrected chi connectivity index (χ1v) is 7.83. The molecule has 0 fully saturated rings. The van der Waals surface area contributed by atoms with Crippen LogP contribution in [0.5, 0.6) is 0 Å².